The molecule has 1 aliphatic carbocycles. The Balaban J connectivity index is 2.32. The SMILES string of the molecule is CC(Cl)c1nc2ccccc2c(=O)n1C1CC1(C)C. The minimum Gasteiger partial charge on any atom is -0.291 e. The van der Waals surface area contributed by atoms with Gasteiger partial charge in [-0.05, 0) is 30.9 Å². The molecule has 3 nitrogen and oxygen atoms in total. The molecule has 1 fully saturated rings. The number of nitrogens with zero attached hydrogens (tertiary/aromatic N) is 2. The van der Waals surface area contributed by atoms with E-state index in [0.29, 0.717) is 11.2 Å². The summed E-state index contributed by atoms with van der Waals surface area (Å²) in [6.45, 7) is 6.20. The summed E-state index contributed by atoms with van der Waals surface area (Å²) < 4.78 is 1.81. The summed E-state index contributed by atoms with van der Waals surface area (Å²) in [5.41, 5.74) is 0.919. The Hall–Kier alpha value is -1.35. The highest BCUT2D eigenvalue weighted by atomic mass is 35.5. The van der Waals surface area contributed by atoms with Gasteiger partial charge in [-0.15, -0.1) is 11.6 Å². The van der Waals surface area contributed by atoms with Gasteiger partial charge >= 0.3 is 0 Å². The van der Waals surface area contributed by atoms with Gasteiger partial charge in [-0.25, -0.2) is 4.98 Å². The molecule has 0 radical (unpaired) electrons. The zero-order valence-corrected chi connectivity index (χ0v) is 12.1. The highest BCUT2D eigenvalue weighted by Gasteiger charge is 2.48. The molecule has 0 N–H and O–H groups in total. The molecule has 19 heavy (non-hydrogen) atoms. The number of aromatic nitrogens is 2. The van der Waals surface area contributed by atoms with Crippen molar-refractivity contribution in [3.05, 3.63) is 40.4 Å². The highest BCUT2D eigenvalue weighted by molar-refractivity contribution is 6.20. The van der Waals surface area contributed by atoms with E-state index in [2.05, 4.69) is 18.8 Å². The average Bonchev–Trinajstić information content (AvgIpc) is 2.97. The third kappa shape index (κ3) is 1.96. The highest BCUT2D eigenvalue weighted by Crippen LogP contribution is 2.55. The first-order valence-corrected chi connectivity index (χ1v) is 7.01. The van der Waals surface area contributed by atoms with E-state index < -0.39 is 0 Å². The van der Waals surface area contributed by atoms with Gasteiger partial charge < -0.3 is 0 Å². The van der Waals surface area contributed by atoms with Gasteiger partial charge in [0.25, 0.3) is 5.56 Å². The van der Waals surface area contributed by atoms with Crippen LogP contribution in [0.4, 0.5) is 0 Å². The molecule has 2 aromatic rings. The van der Waals surface area contributed by atoms with Crippen LogP contribution in [-0.4, -0.2) is 9.55 Å². The van der Waals surface area contributed by atoms with E-state index in [4.69, 9.17) is 11.6 Å². The third-order valence-corrected chi connectivity index (χ3v) is 4.16. The molecule has 0 saturated heterocycles. The maximum Gasteiger partial charge on any atom is 0.261 e. The maximum atomic E-state index is 12.7. The van der Waals surface area contributed by atoms with Gasteiger partial charge in [0.15, 0.2) is 0 Å². The molecule has 0 bridgehead atoms. The summed E-state index contributed by atoms with van der Waals surface area (Å²) in [5.74, 6) is 0.681. The standard InChI is InChI=1S/C15H17ClN2O/c1-9(16)13-17-11-7-5-4-6-10(11)14(19)18(13)12-8-15(12,2)3/h4-7,9,12H,8H2,1-3H3. The van der Waals surface area contributed by atoms with Gasteiger partial charge in [-0.3, -0.25) is 9.36 Å². The van der Waals surface area contributed by atoms with E-state index in [1.807, 2.05) is 31.2 Å². The van der Waals surface area contributed by atoms with Gasteiger partial charge in [0.05, 0.1) is 16.3 Å². The van der Waals surface area contributed by atoms with Crippen molar-refractivity contribution < 1.29 is 0 Å². The van der Waals surface area contributed by atoms with Crippen LogP contribution in [0.1, 0.15) is 44.4 Å². The fraction of sp³-hybridized carbons (Fsp3) is 0.467. The van der Waals surface area contributed by atoms with E-state index in [9.17, 15) is 4.79 Å². The van der Waals surface area contributed by atoms with Gasteiger partial charge in [-0.1, -0.05) is 26.0 Å². The summed E-state index contributed by atoms with van der Waals surface area (Å²) in [5, 5.41) is 0.403. The average molecular weight is 277 g/mol. The fourth-order valence-corrected chi connectivity index (χ4v) is 2.78. The van der Waals surface area contributed by atoms with Crippen LogP contribution in [0.2, 0.25) is 0 Å². The predicted molar refractivity (Wildman–Crippen MR) is 77.7 cm³/mol. The summed E-state index contributed by atoms with van der Waals surface area (Å²) in [7, 11) is 0. The number of alkyl halides is 1. The van der Waals surface area contributed by atoms with Crippen molar-refractivity contribution in [2.75, 3.05) is 0 Å². The van der Waals surface area contributed by atoms with Crippen molar-refractivity contribution in [3.8, 4) is 0 Å². The van der Waals surface area contributed by atoms with E-state index in [0.717, 1.165) is 11.9 Å². The predicted octanol–water partition coefficient (Wildman–Crippen LogP) is 3.67. The second kappa shape index (κ2) is 4.07. The lowest BCUT2D eigenvalue weighted by molar-refractivity contribution is 0.510. The molecule has 0 spiro atoms. The van der Waals surface area contributed by atoms with Crippen LogP contribution >= 0.6 is 11.6 Å². The molecule has 0 amide bonds. The quantitative estimate of drug-likeness (QED) is 0.785. The Morgan fingerprint density at radius 2 is 2.05 bits per heavy atom. The summed E-state index contributed by atoms with van der Waals surface area (Å²) >= 11 is 6.22. The summed E-state index contributed by atoms with van der Waals surface area (Å²) in [4.78, 5) is 17.3. The van der Waals surface area contributed by atoms with Crippen molar-refractivity contribution in [1.29, 1.82) is 0 Å². The van der Waals surface area contributed by atoms with E-state index >= 15 is 0 Å². The second-order valence-corrected chi connectivity index (χ2v) is 6.64. The van der Waals surface area contributed by atoms with Gasteiger partial charge in [0.1, 0.15) is 5.82 Å². The zero-order valence-electron chi connectivity index (χ0n) is 11.4. The first-order chi connectivity index (χ1) is 8.92. The van der Waals surface area contributed by atoms with Crippen LogP contribution in [0.3, 0.4) is 0 Å². The Labute approximate surface area is 117 Å². The largest absolute Gasteiger partial charge is 0.291 e. The van der Waals surface area contributed by atoms with Crippen molar-refractivity contribution >= 4 is 22.5 Å². The molecule has 2 atom stereocenters. The number of rotatable bonds is 2. The normalized spacial score (nSPS) is 22.4. The Bertz CT molecular complexity index is 703. The number of hydrogen-bond donors (Lipinski definition) is 0. The summed E-state index contributed by atoms with van der Waals surface area (Å²) in [6, 6.07) is 7.68. The lowest BCUT2D eigenvalue weighted by Gasteiger charge is -2.16. The third-order valence-electron chi connectivity index (χ3n) is 3.96. The minimum atomic E-state index is -0.270. The van der Waals surface area contributed by atoms with Crippen LogP contribution in [0.25, 0.3) is 10.9 Å². The number of halogens is 1. The molecule has 1 aromatic heterocycles. The molecule has 2 unspecified atom stereocenters. The molecule has 1 aromatic carbocycles. The molecule has 100 valence electrons. The Morgan fingerprint density at radius 3 is 2.63 bits per heavy atom. The van der Waals surface area contributed by atoms with Crippen LogP contribution < -0.4 is 5.56 Å². The van der Waals surface area contributed by atoms with Crippen LogP contribution in [0.5, 0.6) is 0 Å². The van der Waals surface area contributed by atoms with Crippen molar-refractivity contribution in [1.82, 2.24) is 9.55 Å². The molecular formula is C15H17ClN2O. The first kappa shape index (κ1) is 12.7. The zero-order chi connectivity index (χ0) is 13.8. The monoisotopic (exact) mass is 276 g/mol. The minimum absolute atomic E-state index is 0.0312. The number of fused-ring (bicyclic) bond motifs is 1. The fourth-order valence-electron chi connectivity index (χ4n) is 2.63. The molecule has 1 saturated carbocycles. The van der Waals surface area contributed by atoms with E-state index in [-0.39, 0.29) is 22.4 Å². The Kier molecular flexibility index (Phi) is 2.72. The van der Waals surface area contributed by atoms with Crippen molar-refractivity contribution in [2.45, 2.75) is 38.6 Å². The number of hydrogen-bond acceptors (Lipinski definition) is 2. The Morgan fingerprint density at radius 1 is 1.42 bits per heavy atom. The van der Waals surface area contributed by atoms with Gasteiger partial charge in [-0.2, -0.15) is 0 Å². The number of para-hydroxylation sites is 1. The lowest BCUT2D eigenvalue weighted by atomic mass is 10.1. The molecule has 3 rings (SSSR count). The molecule has 0 aliphatic heterocycles. The van der Waals surface area contributed by atoms with Gasteiger partial charge in [0, 0.05) is 6.04 Å². The molecule has 4 heteroatoms. The molecule has 1 heterocycles. The summed E-state index contributed by atoms with van der Waals surface area (Å²) in [6.07, 6.45) is 1.00. The van der Waals surface area contributed by atoms with Crippen LogP contribution in [0, 0.1) is 5.41 Å². The topological polar surface area (TPSA) is 34.9 Å². The number of benzene rings is 1. The van der Waals surface area contributed by atoms with Crippen molar-refractivity contribution in [2.24, 2.45) is 5.41 Å². The lowest BCUT2D eigenvalue weighted by Crippen LogP contribution is -2.26. The van der Waals surface area contributed by atoms with E-state index in [1.165, 1.54) is 0 Å². The van der Waals surface area contributed by atoms with Crippen LogP contribution in [-0.2, 0) is 0 Å². The van der Waals surface area contributed by atoms with Gasteiger partial charge in [0.2, 0.25) is 0 Å². The molecule has 1 aliphatic rings. The smallest absolute Gasteiger partial charge is 0.261 e. The molecular weight excluding hydrogens is 260 g/mol. The van der Waals surface area contributed by atoms with Crippen molar-refractivity contribution in [3.63, 3.8) is 0 Å². The van der Waals surface area contributed by atoms with Crippen LogP contribution in [0.15, 0.2) is 29.1 Å². The first-order valence-electron chi connectivity index (χ1n) is 6.57. The maximum absolute atomic E-state index is 12.7. The second-order valence-electron chi connectivity index (χ2n) is 5.99. The van der Waals surface area contributed by atoms with E-state index in [1.54, 1.807) is 4.57 Å².